The number of carbonyl (C=O) groups excluding carboxylic acids is 2. The Morgan fingerprint density at radius 3 is 2.42 bits per heavy atom. The Morgan fingerprint density at radius 1 is 1.17 bits per heavy atom. The number of likely N-dealkylation sites (tertiary alicyclic amines) is 1. The van der Waals surface area contributed by atoms with Crippen LogP contribution in [0.2, 0.25) is 5.02 Å². The third-order valence-corrected chi connectivity index (χ3v) is 4.83. The summed E-state index contributed by atoms with van der Waals surface area (Å²) in [6.45, 7) is 1.18. The number of rotatable bonds is 4. The number of nitro groups is 1. The number of hydrogen-bond donors (Lipinski definition) is 1. The van der Waals surface area contributed by atoms with Gasteiger partial charge in [0.05, 0.1) is 4.92 Å². The molecule has 24 heavy (non-hydrogen) atoms. The Balaban J connectivity index is 1.57. The fourth-order valence-electron chi connectivity index (χ4n) is 2.93. The smallest absolute Gasteiger partial charge is 0.289 e. The summed E-state index contributed by atoms with van der Waals surface area (Å²) in [7, 11) is 0. The monoisotopic (exact) mass is 351 g/mol. The number of benzene rings is 1. The van der Waals surface area contributed by atoms with Crippen LogP contribution < -0.4 is 5.32 Å². The highest BCUT2D eigenvalue weighted by molar-refractivity contribution is 6.32. The molecule has 1 aliphatic carbocycles. The molecule has 1 aromatic rings. The van der Waals surface area contributed by atoms with Crippen molar-refractivity contribution in [3.63, 3.8) is 0 Å². The van der Waals surface area contributed by atoms with Gasteiger partial charge in [0, 0.05) is 36.7 Å². The molecule has 2 fully saturated rings. The van der Waals surface area contributed by atoms with Crippen molar-refractivity contribution >= 4 is 34.8 Å². The first-order valence-corrected chi connectivity index (χ1v) is 8.37. The highest BCUT2D eigenvalue weighted by Crippen LogP contribution is 2.33. The van der Waals surface area contributed by atoms with Gasteiger partial charge in [-0.05, 0) is 37.8 Å². The van der Waals surface area contributed by atoms with Gasteiger partial charge in [-0.2, -0.15) is 0 Å². The van der Waals surface area contributed by atoms with Crippen molar-refractivity contribution in [2.24, 2.45) is 11.8 Å². The molecule has 128 valence electrons. The van der Waals surface area contributed by atoms with Crippen molar-refractivity contribution in [1.29, 1.82) is 0 Å². The van der Waals surface area contributed by atoms with Crippen LogP contribution in [0.5, 0.6) is 0 Å². The first-order chi connectivity index (χ1) is 11.5. The van der Waals surface area contributed by atoms with E-state index in [1.807, 2.05) is 4.90 Å². The number of halogens is 1. The maximum absolute atomic E-state index is 12.3. The molecule has 0 radical (unpaired) electrons. The molecule has 0 aromatic heterocycles. The Bertz CT molecular complexity index is 682. The fraction of sp³-hybridized carbons (Fsp3) is 0.500. The van der Waals surface area contributed by atoms with Gasteiger partial charge in [0.2, 0.25) is 11.8 Å². The predicted molar refractivity (Wildman–Crippen MR) is 88.8 cm³/mol. The zero-order valence-electron chi connectivity index (χ0n) is 13.0. The number of piperidine rings is 1. The van der Waals surface area contributed by atoms with Crippen LogP contribution in [0.15, 0.2) is 18.2 Å². The molecule has 1 heterocycles. The van der Waals surface area contributed by atoms with E-state index in [2.05, 4.69) is 5.32 Å². The van der Waals surface area contributed by atoms with Crippen LogP contribution in [-0.4, -0.2) is 34.7 Å². The highest BCUT2D eigenvalue weighted by Gasteiger charge is 2.36. The minimum Gasteiger partial charge on any atom is -0.342 e. The van der Waals surface area contributed by atoms with E-state index in [1.54, 1.807) is 6.07 Å². The summed E-state index contributed by atoms with van der Waals surface area (Å²) < 4.78 is 0. The van der Waals surface area contributed by atoms with E-state index in [0.717, 1.165) is 12.8 Å². The molecule has 0 bridgehead atoms. The van der Waals surface area contributed by atoms with Gasteiger partial charge in [-0.15, -0.1) is 0 Å². The van der Waals surface area contributed by atoms with Crippen molar-refractivity contribution < 1.29 is 14.5 Å². The number of hydrogen-bond acceptors (Lipinski definition) is 4. The third kappa shape index (κ3) is 3.67. The number of anilines is 1. The molecule has 3 rings (SSSR count). The van der Waals surface area contributed by atoms with E-state index in [4.69, 9.17) is 11.6 Å². The second-order valence-electron chi connectivity index (χ2n) is 6.29. The van der Waals surface area contributed by atoms with Crippen LogP contribution >= 0.6 is 11.6 Å². The van der Waals surface area contributed by atoms with Crippen LogP contribution in [-0.2, 0) is 9.59 Å². The lowest BCUT2D eigenvalue weighted by Gasteiger charge is -2.31. The second-order valence-corrected chi connectivity index (χ2v) is 6.69. The van der Waals surface area contributed by atoms with Crippen molar-refractivity contribution in [2.75, 3.05) is 18.4 Å². The number of nitrogens with one attached hydrogen (secondary N) is 1. The average Bonchev–Trinajstić information content (AvgIpc) is 3.41. The van der Waals surface area contributed by atoms with Gasteiger partial charge in [-0.1, -0.05) is 11.6 Å². The van der Waals surface area contributed by atoms with Crippen LogP contribution in [0.1, 0.15) is 25.7 Å². The molecule has 2 amide bonds. The van der Waals surface area contributed by atoms with E-state index in [0.29, 0.717) is 31.6 Å². The van der Waals surface area contributed by atoms with Crippen LogP contribution in [0, 0.1) is 22.0 Å². The lowest BCUT2D eigenvalue weighted by Crippen LogP contribution is -2.42. The average molecular weight is 352 g/mol. The standard InChI is InChI=1S/C16H18ClN3O4/c17-13-4-3-12(9-14(13)20(23)24)18-15(21)10-5-7-19(8-6-10)16(22)11-1-2-11/h3-4,9-11H,1-2,5-8H2,(H,18,21). The summed E-state index contributed by atoms with van der Waals surface area (Å²) in [5, 5.41) is 13.6. The third-order valence-electron chi connectivity index (χ3n) is 4.51. The first-order valence-electron chi connectivity index (χ1n) is 7.99. The molecule has 1 aliphatic heterocycles. The number of nitro benzene ring substituents is 1. The maximum Gasteiger partial charge on any atom is 0.289 e. The van der Waals surface area contributed by atoms with E-state index in [-0.39, 0.29) is 34.4 Å². The van der Waals surface area contributed by atoms with E-state index in [9.17, 15) is 19.7 Å². The van der Waals surface area contributed by atoms with Crippen LogP contribution in [0.3, 0.4) is 0 Å². The molecule has 2 aliphatic rings. The van der Waals surface area contributed by atoms with Gasteiger partial charge in [0.1, 0.15) is 5.02 Å². The van der Waals surface area contributed by atoms with Crippen LogP contribution in [0.25, 0.3) is 0 Å². The molecule has 8 heteroatoms. The molecule has 1 N–H and O–H groups in total. The van der Waals surface area contributed by atoms with Crippen molar-refractivity contribution in [3.05, 3.63) is 33.3 Å². The quantitative estimate of drug-likeness (QED) is 0.666. The molecular weight excluding hydrogens is 334 g/mol. The number of nitrogens with zero attached hydrogens (tertiary/aromatic N) is 2. The van der Waals surface area contributed by atoms with Crippen LogP contribution in [0.4, 0.5) is 11.4 Å². The number of amides is 2. The first kappa shape index (κ1) is 16.7. The summed E-state index contributed by atoms with van der Waals surface area (Å²) in [5.74, 6) is 0.0419. The van der Waals surface area contributed by atoms with Crippen molar-refractivity contribution in [1.82, 2.24) is 4.90 Å². The predicted octanol–water partition coefficient (Wildman–Crippen LogP) is 2.84. The second kappa shape index (κ2) is 6.76. The van der Waals surface area contributed by atoms with Gasteiger partial charge >= 0.3 is 0 Å². The highest BCUT2D eigenvalue weighted by atomic mass is 35.5. The molecule has 1 saturated heterocycles. The minimum absolute atomic E-state index is 0.0323. The van der Waals surface area contributed by atoms with E-state index >= 15 is 0 Å². The van der Waals surface area contributed by atoms with Gasteiger partial charge in [-0.3, -0.25) is 19.7 Å². The maximum atomic E-state index is 12.3. The normalized spacial score (nSPS) is 18.3. The Labute approximate surface area is 144 Å². The molecule has 0 spiro atoms. The summed E-state index contributed by atoms with van der Waals surface area (Å²) in [6.07, 6.45) is 3.18. The molecule has 7 nitrogen and oxygen atoms in total. The van der Waals surface area contributed by atoms with Gasteiger partial charge < -0.3 is 10.2 Å². The van der Waals surface area contributed by atoms with E-state index in [1.165, 1.54) is 12.1 Å². The van der Waals surface area contributed by atoms with E-state index < -0.39 is 4.92 Å². The lowest BCUT2D eigenvalue weighted by atomic mass is 9.95. The summed E-state index contributed by atoms with van der Waals surface area (Å²) >= 11 is 5.76. The fourth-order valence-corrected chi connectivity index (χ4v) is 3.11. The lowest BCUT2D eigenvalue weighted by molar-refractivity contribution is -0.384. The topological polar surface area (TPSA) is 92.5 Å². The van der Waals surface area contributed by atoms with Gasteiger partial charge in [0.25, 0.3) is 5.69 Å². The van der Waals surface area contributed by atoms with Crippen molar-refractivity contribution in [3.8, 4) is 0 Å². The molecule has 0 atom stereocenters. The number of carbonyl (C=O) groups is 2. The van der Waals surface area contributed by atoms with Crippen molar-refractivity contribution in [2.45, 2.75) is 25.7 Å². The van der Waals surface area contributed by atoms with Gasteiger partial charge in [0.15, 0.2) is 0 Å². The summed E-state index contributed by atoms with van der Waals surface area (Å²) in [6, 6.07) is 4.19. The zero-order chi connectivity index (χ0) is 17.3. The summed E-state index contributed by atoms with van der Waals surface area (Å²) in [4.78, 5) is 36.5. The molecular formula is C16H18ClN3O4. The van der Waals surface area contributed by atoms with Gasteiger partial charge in [-0.25, -0.2) is 0 Å². The Morgan fingerprint density at radius 2 is 1.83 bits per heavy atom. The Kier molecular flexibility index (Phi) is 4.71. The molecule has 1 saturated carbocycles. The summed E-state index contributed by atoms with van der Waals surface area (Å²) in [5.41, 5.74) is 0.118. The molecule has 1 aromatic carbocycles. The largest absolute Gasteiger partial charge is 0.342 e. The Hall–Kier alpha value is -2.15. The SMILES string of the molecule is O=C(Nc1ccc(Cl)c([N+](=O)[O-])c1)C1CCN(C(=O)C2CC2)CC1. The zero-order valence-corrected chi connectivity index (χ0v) is 13.8. The minimum atomic E-state index is -0.583. The molecule has 0 unspecified atom stereocenters.